The number of nitrogen functional groups attached to an aromatic ring is 1. The van der Waals surface area contributed by atoms with Gasteiger partial charge in [0.25, 0.3) is 0 Å². The lowest BCUT2D eigenvalue weighted by molar-refractivity contribution is 0.169. The molecule has 0 atom stereocenters. The topological polar surface area (TPSA) is 104 Å². The van der Waals surface area contributed by atoms with Crippen LogP contribution in [0.4, 0.5) is 9.93 Å². The first-order valence-electron chi connectivity index (χ1n) is 3.36. The molecule has 4 N–H and O–H groups in total. The van der Waals surface area contributed by atoms with Crippen LogP contribution in [0.15, 0.2) is 6.08 Å². The van der Waals surface area contributed by atoms with E-state index in [2.05, 4.69) is 14.1 Å². The van der Waals surface area contributed by atoms with Gasteiger partial charge in [-0.1, -0.05) is 0 Å². The number of hydrogen-bond donors (Lipinski definition) is 2. The van der Waals surface area contributed by atoms with Crippen molar-refractivity contribution in [1.29, 1.82) is 0 Å². The highest BCUT2D eigenvalue weighted by Gasteiger charge is 1.94. The van der Waals surface area contributed by atoms with E-state index in [1.807, 2.05) is 0 Å². The lowest BCUT2D eigenvalue weighted by atomic mass is 10.5. The summed E-state index contributed by atoms with van der Waals surface area (Å²) >= 11 is 1.10. The van der Waals surface area contributed by atoms with E-state index in [9.17, 15) is 4.79 Å². The highest BCUT2D eigenvalue weighted by atomic mass is 32.1. The summed E-state index contributed by atoms with van der Waals surface area (Å²) in [6, 6.07) is 0. The Morgan fingerprint density at radius 1 is 1.69 bits per heavy atom. The first kappa shape index (κ1) is 9.46. The van der Waals surface area contributed by atoms with E-state index in [0.29, 0.717) is 11.0 Å². The van der Waals surface area contributed by atoms with Crippen LogP contribution in [-0.4, -0.2) is 22.1 Å². The molecule has 1 heterocycles. The second kappa shape index (κ2) is 4.41. The minimum Gasteiger partial charge on any atom is -0.445 e. The van der Waals surface area contributed by atoms with E-state index >= 15 is 0 Å². The van der Waals surface area contributed by atoms with Crippen molar-refractivity contribution in [2.24, 2.45) is 5.73 Å². The van der Waals surface area contributed by atoms with Crippen LogP contribution in [0.3, 0.4) is 0 Å². The standard InChI is InChI=1S/C6H8N4O2S/c7-5-9-4(10-13-5)2-1-3-12-6(8)11/h1-2H,3H2,(H2,8,11)(H2,7,9,10). The van der Waals surface area contributed by atoms with Gasteiger partial charge in [0.1, 0.15) is 6.61 Å². The van der Waals surface area contributed by atoms with Crippen molar-refractivity contribution in [2.75, 3.05) is 12.3 Å². The average molecular weight is 200 g/mol. The van der Waals surface area contributed by atoms with Crippen molar-refractivity contribution >= 4 is 28.8 Å². The fourth-order valence-electron chi connectivity index (χ4n) is 0.599. The minimum absolute atomic E-state index is 0.106. The van der Waals surface area contributed by atoms with Gasteiger partial charge in [-0.2, -0.15) is 9.36 Å². The van der Waals surface area contributed by atoms with Gasteiger partial charge in [-0.25, -0.2) is 4.79 Å². The molecule has 0 spiro atoms. The summed E-state index contributed by atoms with van der Waals surface area (Å²) in [6.07, 6.45) is 2.36. The van der Waals surface area contributed by atoms with E-state index in [-0.39, 0.29) is 6.61 Å². The third-order valence-electron chi connectivity index (χ3n) is 1.05. The van der Waals surface area contributed by atoms with Gasteiger partial charge in [-0.3, -0.25) is 0 Å². The SMILES string of the molecule is NC(=O)OCC=Cc1nsc(N)n1. The number of amides is 1. The zero-order valence-electron chi connectivity index (χ0n) is 6.64. The molecule has 0 fully saturated rings. The Morgan fingerprint density at radius 2 is 2.46 bits per heavy atom. The fraction of sp³-hybridized carbons (Fsp3) is 0.167. The van der Waals surface area contributed by atoms with Gasteiger partial charge >= 0.3 is 6.09 Å². The fourth-order valence-corrected chi connectivity index (χ4v) is 1.02. The molecule has 1 amide bonds. The first-order chi connectivity index (χ1) is 6.18. The molecule has 0 bridgehead atoms. The molecule has 6 nitrogen and oxygen atoms in total. The molecule has 0 aliphatic rings. The first-order valence-corrected chi connectivity index (χ1v) is 4.14. The van der Waals surface area contributed by atoms with Crippen molar-refractivity contribution in [3.63, 3.8) is 0 Å². The average Bonchev–Trinajstić information content (AvgIpc) is 2.45. The molecule has 0 saturated carbocycles. The summed E-state index contributed by atoms with van der Waals surface area (Å²) in [5, 5.41) is 0.399. The van der Waals surface area contributed by atoms with Gasteiger partial charge in [0.05, 0.1) is 0 Å². The lowest BCUT2D eigenvalue weighted by Gasteiger charge is -1.92. The molecule has 0 unspecified atom stereocenters. The molecule has 0 aromatic carbocycles. The van der Waals surface area contributed by atoms with Gasteiger partial charge in [-0.05, 0) is 12.2 Å². The zero-order valence-corrected chi connectivity index (χ0v) is 7.45. The van der Waals surface area contributed by atoms with Crippen LogP contribution in [-0.2, 0) is 4.74 Å². The van der Waals surface area contributed by atoms with E-state index in [0.717, 1.165) is 11.5 Å². The largest absolute Gasteiger partial charge is 0.445 e. The number of anilines is 1. The van der Waals surface area contributed by atoms with Crippen LogP contribution < -0.4 is 11.5 Å². The van der Waals surface area contributed by atoms with Crippen LogP contribution >= 0.6 is 11.5 Å². The van der Waals surface area contributed by atoms with Crippen molar-refractivity contribution < 1.29 is 9.53 Å². The zero-order chi connectivity index (χ0) is 9.68. The van der Waals surface area contributed by atoms with Crippen LogP contribution in [0, 0.1) is 0 Å². The van der Waals surface area contributed by atoms with Crippen molar-refractivity contribution in [2.45, 2.75) is 0 Å². The second-order valence-corrected chi connectivity index (χ2v) is 2.81. The normalized spacial score (nSPS) is 10.5. The van der Waals surface area contributed by atoms with Crippen LogP contribution in [0.2, 0.25) is 0 Å². The van der Waals surface area contributed by atoms with Crippen molar-refractivity contribution in [3.05, 3.63) is 11.9 Å². The summed E-state index contributed by atoms with van der Waals surface area (Å²) in [4.78, 5) is 14.0. The monoisotopic (exact) mass is 200 g/mol. The van der Waals surface area contributed by atoms with Gasteiger partial charge in [0.15, 0.2) is 11.0 Å². The lowest BCUT2D eigenvalue weighted by Crippen LogP contribution is -2.12. The molecule has 7 heteroatoms. The molecule has 0 radical (unpaired) electrons. The third kappa shape index (κ3) is 3.52. The predicted octanol–water partition coefficient (Wildman–Crippen LogP) is 0.229. The summed E-state index contributed by atoms with van der Waals surface area (Å²) in [7, 11) is 0. The highest BCUT2D eigenvalue weighted by molar-refractivity contribution is 7.09. The Hall–Kier alpha value is -1.63. The maximum atomic E-state index is 10.1. The number of ether oxygens (including phenoxy) is 1. The molecule has 1 rings (SSSR count). The van der Waals surface area contributed by atoms with E-state index < -0.39 is 6.09 Å². The molecule has 0 saturated heterocycles. The number of nitrogens with two attached hydrogens (primary N) is 2. The number of carbonyl (C=O) groups is 1. The van der Waals surface area contributed by atoms with E-state index in [1.54, 1.807) is 12.2 Å². The molecule has 13 heavy (non-hydrogen) atoms. The van der Waals surface area contributed by atoms with Gasteiger partial charge in [0.2, 0.25) is 0 Å². The third-order valence-corrected chi connectivity index (χ3v) is 1.60. The smallest absolute Gasteiger partial charge is 0.404 e. The van der Waals surface area contributed by atoms with Crippen LogP contribution in [0.5, 0.6) is 0 Å². The molecule has 1 aromatic heterocycles. The van der Waals surface area contributed by atoms with Gasteiger partial charge in [0, 0.05) is 11.5 Å². The van der Waals surface area contributed by atoms with Gasteiger partial charge in [-0.15, -0.1) is 0 Å². The summed E-state index contributed by atoms with van der Waals surface area (Å²) < 4.78 is 8.32. The molecular formula is C6H8N4O2S. The van der Waals surface area contributed by atoms with E-state index in [1.165, 1.54) is 0 Å². The molecule has 0 aliphatic carbocycles. The maximum Gasteiger partial charge on any atom is 0.404 e. The summed E-state index contributed by atoms with van der Waals surface area (Å²) in [6.45, 7) is 0.106. The predicted molar refractivity (Wildman–Crippen MR) is 48.9 cm³/mol. The maximum absolute atomic E-state index is 10.1. The number of carbonyl (C=O) groups excluding carboxylic acids is 1. The summed E-state index contributed by atoms with van der Waals surface area (Å²) in [5.74, 6) is 0.496. The Kier molecular flexibility index (Phi) is 3.21. The Morgan fingerprint density at radius 3 is 3.00 bits per heavy atom. The van der Waals surface area contributed by atoms with Crippen molar-refractivity contribution in [1.82, 2.24) is 9.36 Å². The molecular weight excluding hydrogens is 192 g/mol. The molecule has 0 aliphatic heterocycles. The second-order valence-electron chi connectivity index (χ2n) is 2.02. The summed E-state index contributed by atoms with van der Waals surface area (Å²) in [5.41, 5.74) is 10.1. The van der Waals surface area contributed by atoms with Crippen LogP contribution in [0.1, 0.15) is 5.82 Å². The number of rotatable bonds is 3. The Labute approximate surface area is 78.4 Å². The van der Waals surface area contributed by atoms with Crippen molar-refractivity contribution in [3.8, 4) is 0 Å². The quantitative estimate of drug-likeness (QED) is 0.726. The highest BCUT2D eigenvalue weighted by Crippen LogP contribution is 2.06. The van der Waals surface area contributed by atoms with E-state index in [4.69, 9.17) is 11.5 Å². The Bertz CT molecular complexity index is 322. The number of aromatic nitrogens is 2. The molecule has 1 aromatic rings. The van der Waals surface area contributed by atoms with Crippen LogP contribution in [0.25, 0.3) is 6.08 Å². The van der Waals surface area contributed by atoms with Gasteiger partial charge < -0.3 is 16.2 Å². The Balaban J connectivity index is 2.36. The number of hydrogen-bond acceptors (Lipinski definition) is 6. The number of nitrogens with zero attached hydrogens (tertiary/aromatic N) is 2. The minimum atomic E-state index is -0.810. The number of primary amides is 1. The molecule has 70 valence electrons.